The Balaban J connectivity index is 3.36. The lowest BCUT2D eigenvalue weighted by atomic mass is 10.1. The van der Waals surface area contributed by atoms with Crippen LogP contribution in [0, 0.1) is 5.41 Å². The maximum Gasteiger partial charge on any atom is 0.322 e. The van der Waals surface area contributed by atoms with Gasteiger partial charge in [-0.1, -0.05) is 0 Å². The largest absolute Gasteiger partial charge is 0.468 e. The Labute approximate surface area is 84.5 Å². The van der Waals surface area contributed by atoms with Gasteiger partial charge in [0.25, 0.3) is 0 Å². The highest BCUT2D eigenvalue weighted by atomic mass is 16.5. The molecule has 82 valence electrons. The van der Waals surface area contributed by atoms with Crippen molar-refractivity contribution in [1.29, 1.82) is 5.41 Å². The van der Waals surface area contributed by atoms with E-state index in [0.717, 1.165) is 19.4 Å². The molecule has 0 aliphatic heterocycles. The van der Waals surface area contributed by atoms with Gasteiger partial charge in [0.05, 0.1) is 12.9 Å². The molecule has 0 saturated carbocycles. The van der Waals surface area contributed by atoms with E-state index in [2.05, 4.69) is 10.1 Å². The van der Waals surface area contributed by atoms with E-state index in [4.69, 9.17) is 11.1 Å². The lowest BCUT2D eigenvalue weighted by Crippen LogP contribution is -2.31. The van der Waals surface area contributed by atoms with Gasteiger partial charge in [0.15, 0.2) is 0 Å². The lowest BCUT2D eigenvalue weighted by Gasteiger charge is -2.08. The predicted octanol–water partition coefficient (Wildman–Crippen LogP) is 0.244. The molecule has 5 nitrogen and oxygen atoms in total. The van der Waals surface area contributed by atoms with Gasteiger partial charge in [-0.3, -0.25) is 10.2 Å². The number of nitrogens with two attached hydrogens (primary N) is 1. The van der Waals surface area contributed by atoms with Crippen LogP contribution in [0.5, 0.6) is 0 Å². The third-order valence-corrected chi connectivity index (χ3v) is 1.84. The van der Waals surface area contributed by atoms with Crippen molar-refractivity contribution in [2.75, 3.05) is 13.7 Å². The molecule has 0 aromatic heterocycles. The number of amidine groups is 1. The molecule has 0 aliphatic rings. The van der Waals surface area contributed by atoms with Crippen LogP contribution in [0.25, 0.3) is 0 Å². The first kappa shape index (κ1) is 12.9. The highest BCUT2D eigenvalue weighted by Crippen LogP contribution is 1.99. The van der Waals surface area contributed by atoms with Crippen molar-refractivity contribution in [3.8, 4) is 0 Å². The van der Waals surface area contributed by atoms with Crippen LogP contribution in [0.3, 0.4) is 0 Å². The molecule has 0 amide bonds. The number of unbranched alkanes of at least 4 members (excludes halogenated alkanes) is 1. The first-order valence-corrected chi connectivity index (χ1v) is 4.70. The van der Waals surface area contributed by atoms with Gasteiger partial charge in [0.2, 0.25) is 0 Å². The summed E-state index contributed by atoms with van der Waals surface area (Å²) in [6, 6.07) is -0.513. The fourth-order valence-corrected chi connectivity index (χ4v) is 1.03. The van der Waals surface area contributed by atoms with Crippen molar-refractivity contribution in [2.24, 2.45) is 5.73 Å². The van der Waals surface area contributed by atoms with Crippen LogP contribution in [0.15, 0.2) is 0 Å². The van der Waals surface area contributed by atoms with Gasteiger partial charge in [0, 0.05) is 6.54 Å². The van der Waals surface area contributed by atoms with Crippen molar-refractivity contribution in [1.82, 2.24) is 5.32 Å². The summed E-state index contributed by atoms with van der Waals surface area (Å²) in [5, 5.41) is 9.99. The average Bonchev–Trinajstić information content (AvgIpc) is 2.15. The van der Waals surface area contributed by atoms with E-state index < -0.39 is 6.04 Å². The second kappa shape index (κ2) is 7.32. The van der Waals surface area contributed by atoms with E-state index in [-0.39, 0.29) is 5.97 Å². The molecule has 0 aromatic rings. The van der Waals surface area contributed by atoms with Crippen molar-refractivity contribution < 1.29 is 9.53 Å². The van der Waals surface area contributed by atoms with Crippen molar-refractivity contribution >= 4 is 11.8 Å². The van der Waals surface area contributed by atoms with Crippen LogP contribution in [-0.2, 0) is 9.53 Å². The number of methoxy groups -OCH3 is 1. The Hall–Kier alpha value is -1.10. The molecule has 0 radical (unpaired) electrons. The minimum absolute atomic E-state index is 0.360. The molecular weight excluding hydrogens is 182 g/mol. The monoisotopic (exact) mass is 201 g/mol. The van der Waals surface area contributed by atoms with Crippen molar-refractivity contribution in [3.63, 3.8) is 0 Å². The number of hydrogen-bond donors (Lipinski definition) is 3. The van der Waals surface area contributed by atoms with E-state index in [1.807, 2.05) is 0 Å². The molecule has 0 heterocycles. The number of carbonyl (C=O) groups excluding carboxylic acids is 1. The Morgan fingerprint density at radius 3 is 2.71 bits per heavy atom. The van der Waals surface area contributed by atoms with E-state index >= 15 is 0 Å². The molecule has 0 fully saturated rings. The normalized spacial score (nSPS) is 11.9. The van der Waals surface area contributed by atoms with Gasteiger partial charge in [-0.25, -0.2) is 0 Å². The molecular formula is C9H19N3O2. The third-order valence-electron chi connectivity index (χ3n) is 1.84. The predicted molar refractivity (Wildman–Crippen MR) is 55.2 cm³/mol. The van der Waals surface area contributed by atoms with Gasteiger partial charge < -0.3 is 15.8 Å². The van der Waals surface area contributed by atoms with Crippen LogP contribution in [0.2, 0.25) is 0 Å². The summed E-state index contributed by atoms with van der Waals surface area (Å²) in [5.74, 6) is 0.100. The minimum Gasteiger partial charge on any atom is -0.468 e. The molecule has 4 N–H and O–H groups in total. The van der Waals surface area contributed by atoms with Gasteiger partial charge in [-0.2, -0.15) is 0 Å². The van der Waals surface area contributed by atoms with E-state index in [1.165, 1.54) is 7.11 Å². The fraction of sp³-hybridized carbons (Fsp3) is 0.778. The highest BCUT2D eigenvalue weighted by Gasteiger charge is 2.12. The van der Waals surface area contributed by atoms with Crippen LogP contribution >= 0.6 is 0 Å². The topological polar surface area (TPSA) is 88.2 Å². The molecule has 5 heteroatoms. The van der Waals surface area contributed by atoms with Gasteiger partial charge in [-0.15, -0.1) is 0 Å². The Kier molecular flexibility index (Phi) is 6.74. The fourth-order valence-electron chi connectivity index (χ4n) is 1.03. The molecule has 0 spiro atoms. The minimum atomic E-state index is -0.513. The number of nitrogens with one attached hydrogen (secondary N) is 2. The van der Waals surface area contributed by atoms with Crippen LogP contribution in [0.1, 0.15) is 26.2 Å². The molecule has 0 aromatic carbocycles. The summed E-state index contributed by atoms with van der Waals surface area (Å²) in [6.45, 7) is 2.45. The van der Waals surface area contributed by atoms with Gasteiger partial charge in [-0.05, 0) is 26.2 Å². The highest BCUT2D eigenvalue weighted by molar-refractivity contribution is 5.76. The molecule has 1 unspecified atom stereocenters. The second-order valence-electron chi connectivity index (χ2n) is 3.18. The molecule has 0 saturated heterocycles. The maximum absolute atomic E-state index is 10.9. The van der Waals surface area contributed by atoms with E-state index in [1.54, 1.807) is 6.92 Å². The summed E-state index contributed by atoms with van der Waals surface area (Å²) < 4.78 is 4.49. The summed E-state index contributed by atoms with van der Waals surface area (Å²) in [7, 11) is 1.34. The summed E-state index contributed by atoms with van der Waals surface area (Å²) >= 11 is 0. The Bertz CT molecular complexity index is 194. The molecule has 0 rings (SSSR count). The standard InChI is InChI=1S/C9H19N3O2/c1-7(10)12-6-4-3-5-8(11)9(13)14-2/h8H,3-6,11H2,1-2H3,(H2,10,12). The van der Waals surface area contributed by atoms with Crippen molar-refractivity contribution in [2.45, 2.75) is 32.2 Å². The maximum atomic E-state index is 10.9. The Morgan fingerprint density at radius 2 is 2.21 bits per heavy atom. The zero-order valence-corrected chi connectivity index (χ0v) is 8.80. The number of ether oxygens (including phenoxy) is 1. The average molecular weight is 201 g/mol. The van der Waals surface area contributed by atoms with Crippen LogP contribution < -0.4 is 11.1 Å². The first-order chi connectivity index (χ1) is 6.57. The Morgan fingerprint density at radius 1 is 1.57 bits per heavy atom. The smallest absolute Gasteiger partial charge is 0.322 e. The summed E-state index contributed by atoms with van der Waals surface area (Å²) in [6.07, 6.45) is 2.39. The quantitative estimate of drug-likeness (QED) is 0.249. The number of esters is 1. The number of hydrogen-bond acceptors (Lipinski definition) is 4. The number of rotatable bonds is 6. The molecule has 1 atom stereocenters. The zero-order chi connectivity index (χ0) is 11.0. The summed E-state index contributed by atoms with van der Waals surface area (Å²) in [5.41, 5.74) is 5.53. The molecule has 0 bridgehead atoms. The summed E-state index contributed by atoms with van der Waals surface area (Å²) in [4.78, 5) is 10.9. The second-order valence-corrected chi connectivity index (χ2v) is 3.18. The van der Waals surface area contributed by atoms with E-state index in [9.17, 15) is 4.79 Å². The number of carbonyl (C=O) groups is 1. The zero-order valence-electron chi connectivity index (χ0n) is 8.80. The first-order valence-electron chi connectivity index (χ1n) is 4.70. The van der Waals surface area contributed by atoms with E-state index in [0.29, 0.717) is 12.3 Å². The van der Waals surface area contributed by atoms with Crippen molar-refractivity contribution in [3.05, 3.63) is 0 Å². The van der Waals surface area contributed by atoms with Gasteiger partial charge >= 0.3 is 5.97 Å². The van der Waals surface area contributed by atoms with Gasteiger partial charge in [0.1, 0.15) is 6.04 Å². The molecule has 14 heavy (non-hydrogen) atoms. The third kappa shape index (κ3) is 6.42. The van der Waals surface area contributed by atoms with Crippen LogP contribution in [-0.4, -0.2) is 31.5 Å². The lowest BCUT2D eigenvalue weighted by molar-refractivity contribution is -0.142. The molecule has 0 aliphatic carbocycles. The van der Waals surface area contributed by atoms with Crippen LogP contribution in [0.4, 0.5) is 0 Å². The SMILES string of the molecule is COC(=O)C(N)CCCCNC(C)=N.